The van der Waals surface area contributed by atoms with Crippen molar-refractivity contribution in [3.63, 3.8) is 0 Å². The quantitative estimate of drug-likeness (QED) is 0.278. The first-order chi connectivity index (χ1) is 17.3. The lowest BCUT2D eigenvalue weighted by molar-refractivity contribution is -0.137. The van der Waals surface area contributed by atoms with Crippen molar-refractivity contribution >= 4 is 23.9 Å². The highest BCUT2D eigenvalue weighted by atomic mass is 32.2. The van der Waals surface area contributed by atoms with E-state index < -0.39 is 17.7 Å². The van der Waals surface area contributed by atoms with E-state index in [2.05, 4.69) is 32.9 Å². The van der Waals surface area contributed by atoms with E-state index in [1.807, 2.05) is 6.07 Å². The molecule has 1 aliphatic rings. The number of aromatic carboxylic acids is 1. The molecule has 36 heavy (non-hydrogen) atoms. The molecule has 1 aromatic heterocycles. The van der Waals surface area contributed by atoms with Crippen molar-refractivity contribution in [2.45, 2.75) is 30.3 Å². The summed E-state index contributed by atoms with van der Waals surface area (Å²) in [6.45, 7) is 0. The number of aromatic nitrogens is 2. The second kappa shape index (κ2) is 11.3. The third-order valence-corrected chi connectivity index (χ3v) is 6.33. The fourth-order valence-electron chi connectivity index (χ4n) is 3.75. The zero-order valence-electron chi connectivity index (χ0n) is 19.0. The van der Waals surface area contributed by atoms with E-state index in [1.54, 1.807) is 30.4 Å². The van der Waals surface area contributed by atoms with Crippen molar-refractivity contribution < 1.29 is 23.1 Å². The number of hydrogen-bond donors (Lipinski definition) is 2. The summed E-state index contributed by atoms with van der Waals surface area (Å²) in [4.78, 5) is 20.2. The summed E-state index contributed by atoms with van der Waals surface area (Å²) in [6.07, 6.45) is 2.81. The molecular formula is C27H22F3N3O2S. The Labute approximate surface area is 210 Å². The van der Waals surface area contributed by atoms with Crippen LogP contribution in [0.5, 0.6) is 0 Å². The lowest BCUT2D eigenvalue weighted by Crippen LogP contribution is -2.04. The lowest BCUT2D eigenvalue weighted by atomic mass is 10.0. The molecule has 2 N–H and O–H groups in total. The number of carbonyl (C=O) groups is 1. The van der Waals surface area contributed by atoms with Gasteiger partial charge in [0.05, 0.1) is 11.1 Å². The number of nitrogens with zero attached hydrogens (tertiary/aromatic N) is 2. The van der Waals surface area contributed by atoms with Crippen molar-refractivity contribution in [3.05, 3.63) is 107 Å². The SMILES string of the molecule is O=C(O)c1ccc(-c2cccc(C(F)(F)F)c2)cc1.c1cnc(NSc2ccc3c(c2)CCC3)nc1. The van der Waals surface area contributed by atoms with Crippen LogP contribution in [0.1, 0.15) is 33.5 Å². The zero-order chi connectivity index (χ0) is 25.5. The third-order valence-electron chi connectivity index (χ3n) is 5.55. The number of aryl methyl sites for hydroxylation is 2. The molecule has 0 spiro atoms. The van der Waals surface area contributed by atoms with Crippen LogP contribution in [0.4, 0.5) is 19.1 Å². The van der Waals surface area contributed by atoms with Gasteiger partial charge in [0.15, 0.2) is 0 Å². The molecule has 1 heterocycles. The fraction of sp³-hybridized carbons (Fsp3) is 0.148. The van der Waals surface area contributed by atoms with E-state index in [1.165, 1.54) is 65.6 Å². The van der Waals surface area contributed by atoms with Crippen LogP contribution in [0.15, 0.2) is 90.1 Å². The fourth-order valence-corrected chi connectivity index (χ4v) is 4.40. The van der Waals surface area contributed by atoms with Crippen LogP contribution in [-0.4, -0.2) is 21.0 Å². The molecule has 0 fully saturated rings. The summed E-state index contributed by atoms with van der Waals surface area (Å²) in [5, 5.41) is 8.75. The van der Waals surface area contributed by atoms with Gasteiger partial charge in [-0.3, -0.25) is 4.72 Å². The Balaban J connectivity index is 0.000000170. The Hall–Kier alpha value is -3.85. The smallest absolute Gasteiger partial charge is 0.416 e. The molecule has 5 rings (SSSR count). The molecule has 3 aromatic carbocycles. The number of fused-ring (bicyclic) bond motifs is 1. The first-order valence-electron chi connectivity index (χ1n) is 11.1. The Morgan fingerprint density at radius 2 is 1.58 bits per heavy atom. The normalized spacial score (nSPS) is 12.3. The Morgan fingerprint density at radius 1 is 0.861 bits per heavy atom. The first kappa shape index (κ1) is 25.2. The van der Waals surface area contributed by atoms with Crippen molar-refractivity contribution in [2.24, 2.45) is 0 Å². The van der Waals surface area contributed by atoms with E-state index in [0.29, 0.717) is 17.1 Å². The number of rotatable bonds is 5. The van der Waals surface area contributed by atoms with E-state index in [9.17, 15) is 18.0 Å². The van der Waals surface area contributed by atoms with Crippen molar-refractivity contribution in [1.82, 2.24) is 9.97 Å². The molecule has 0 atom stereocenters. The van der Waals surface area contributed by atoms with E-state index in [4.69, 9.17) is 5.11 Å². The minimum atomic E-state index is -4.39. The van der Waals surface area contributed by atoms with Crippen molar-refractivity contribution in [1.29, 1.82) is 0 Å². The van der Waals surface area contributed by atoms with Gasteiger partial charge in [-0.1, -0.05) is 30.3 Å². The number of benzene rings is 3. The molecule has 4 aromatic rings. The Bertz CT molecular complexity index is 1330. The maximum atomic E-state index is 12.6. The number of nitrogens with one attached hydrogen (secondary N) is 1. The van der Waals surface area contributed by atoms with Gasteiger partial charge in [-0.15, -0.1) is 0 Å². The van der Waals surface area contributed by atoms with Gasteiger partial charge in [-0.2, -0.15) is 13.2 Å². The Morgan fingerprint density at radius 3 is 2.28 bits per heavy atom. The van der Waals surface area contributed by atoms with Crippen LogP contribution in [0.2, 0.25) is 0 Å². The van der Waals surface area contributed by atoms with Gasteiger partial charge in [-0.05, 0) is 95.9 Å². The lowest BCUT2D eigenvalue weighted by Gasteiger charge is -2.09. The summed E-state index contributed by atoms with van der Waals surface area (Å²) in [5.41, 5.74) is 3.29. The van der Waals surface area contributed by atoms with Crippen molar-refractivity contribution in [2.75, 3.05) is 4.72 Å². The highest BCUT2D eigenvalue weighted by molar-refractivity contribution is 8.00. The van der Waals surface area contributed by atoms with Crippen LogP contribution < -0.4 is 4.72 Å². The molecule has 0 radical (unpaired) electrons. The second-order valence-electron chi connectivity index (χ2n) is 8.02. The van der Waals surface area contributed by atoms with E-state index >= 15 is 0 Å². The molecule has 9 heteroatoms. The van der Waals surface area contributed by atoms with Gasteiger partial charge in [0.25, 0.3) is 0 Å². The summed E-state index contributed by atoms with van der Waals surface area (Å²) in [6, 6.07) is 19.1. The molecule has 0 amide bonds. The average Bonchev–Trinajstić information content (AvgIpc) is 3.36. The number of halogens is 3. The summed E-state index contributed by atoms with van der Waals surface area (Å²) in [7, 11) is 0. The number of carboxylic acid groups (broad SMARTS) is 1. The summed E-state index contributed by atoms with van der Waals surface area (Å²) >= 11 is 1.56. The maximum absolute atomic E-state index is 12.6. The largest absolute Gasteiger partial charge is 0.478 e. The van der Waals surface area contributed by atoms with Crippen LogP contribution in [-0.2, 0) is 19.0 Å². The molecule has 0 saturated heterocycles. The topological polar surface area (TPSA) is 75.1 Å². The number of anilines is 1. The molecule has 0 bridgehead atoms. The summed E-state index contributed by atoms with van der Waals surface area (Å²) < 4.78 is 40.9. The zero-order valence-corrected chi connectivity index (χ0v) is 19.8. The number of hydrogen-bond acceptors (Lipinski definition) is 5. The van der Waals surface area contributed by atoms with Crippen LogP contribution >= 0.6 is 11.9 Å². The van der Waals surface area contributed by atoms with Gasteiger partial charge in [-0.25, -0.2) is 14.8 Å². The van der Waals surface area contributed by atoms with Gasteiger partial charge >= 0.3 is 12.1 Å². The van der Waals surface area contributed by atoms with Crippen molar-refractivity contribution in [3.8, 4) is 11.1 Å². The molecule has 184 valence electrons. The first-order valence-corrected chi connectivity index (χ1v) is 11.9. The van der Waals surface area contributed by atoms with Crippen LogP contribution in [0.25, 0.3) is 11.1 Å². The predicted molar refractivity (Wildman–Crippen MR) is 134 cm³/mol. The minimum absolute atomic E-state index is 0.0933. The molecule has 0 saturated carbocycles. The molecule has 1 aliphatic carbocycles. The van der Waals surface area contributed by atoms with Gasteiger partial charge < -0.3 is 5.11 Å². The van der Waals surface area contributed by atoms with Crippen LogP contribution in [0.3, 0.4) is 0 Å². The number of alkyl halides is 3. The molecule has 0 unspecified atom stereocenters. The highest BCUT2D eigenvalue weighted by Gasteiger charge is 2.30. The van der Waals surface area contributed by atoms with Gasteiger partial charge in [0, 0.05) is 17.3 Å². The van der Waals surface area contributed by atoms with Gasteiger partial charge in [0.1, 0.15) is 0 Å². The average molecular weight is 510 g/mol. The monoisotopic (exact) mass is 509 g/mol. The highest BCUT2D eigenvalue weighted by Crippen LogP contribution is 2.32. The standard InChI is InChI=1S/C14H9F3O2.C13H13N3S/c15-14(16,17)12-3-1-2-11(8-12)9-4-6-10(7-5-9)13(18)19;1-3-10-5-6-12(9-11(10)4-1)17-16-13-14-7-2-8-15-13/h1-8H,(H,18,19);2,5-9H,1,3-4H2,(H,14,15,16). The second-order valence-corrected chi connectivity index (χ2v) is 8.90. The minimum Gasteiger partial charge on any atom is -0.478 e. The molecular weight excluding hydrogens is 487 g/mol. The Kier molecular flexibility index (Phi) is 7.90. The van der Waals surface area contributed by atoms with E-state index in [-0.39, 0.29) is 5.56 Å². The summed E-state index contributed by atoms with van der Waals surface area (Å²) in [5.74, 6) is -0.423. The molecule has 5 nitrogen and oxygen atoms in total. The number of carboxylic acids is 1. The van der Waals surface area contributed by atoms with E-state index in [0.717, 1.165) is 12.1 Å². The van der Waals surface area contributed by atoms with Gasteiger partial charge in [0.2, 0.25) is 5.95 Å². The van der Waals surface area contributed by atoms with Crippen LogP contribution in [0, 0.1) is 0 Å². The third kappa shape index (κ3) is 6.63. The molecule has 0 aliphatic heterocycles. The maximum Gasteiger partial charge on any atom is 0.416 e. The predicted octanol–water partition coefficient (Wildman–Crippen LogP) is 7.16.